The Hall–Kier alpha value is -2.71. The van der Waals surface area contributed by atoms with Crippen LogP contribution in [0.3, 0.4) is 0 Å². The molecular weight excluding hydrogens is 381 g/mol. The lowest BCUT2D eigenvalue weighted by atomic mass is 9.88. The van der Waals surface area contributed by atoms with Gasteiger partial charge in [0.1, 0.15) is 11.6 Å². The van der Waals surface area contributed by atoms with Crippen LogP contribution in [-0.4, -0.2) is 27.8 Å². The number of hydrogen-bond donors (Lipinski definition) is 2. The Morgan fingerprint density at radius 1 is 1.25 bits per heavy atom. The molecule has 1 saturated carbocycles. The summed E-state index contributed by atoms with van der Waals surface area (Å²) in [6, 6.07) is 4.14. The molecule has 0 bridgehead atoms. The van der Waals surface area contributed by atoms with Gasteiger partial charge in [-0.3, -0.25) is 4.99 Å². The lowest BCUT2D eigenvalue weighted by Gasteiger charge is -2.32. The number of nitrogen functional groups attached to an aromatic ring is 1. The number of phenols is 1. The van der Waals surface area contributed by atoms with Crippen LogP contribution >= 0.6 is 0 Å². The number of aromatic hydroxyl groups is 1. The average molecular weight is 399 g/mol. The van der Waals surface area contributed by atoms with Crippen LogP contribution in [-0.2, 0) is 6.18 Å². The first-order chi connectivity index (χ1) is 12.9. The van der Waals surface area contributed by atoms with Crippen LogP contribution in [0.15, 0.2) is 29.3 Å². The van der Waals surface area contributed by atoms with E-state index >= 15 is 0 Å². The summed E-state index contributed by atoms with van der Waals surface area (Å²) in [6.07, 6.45) is -5.20. The zero-order chi connectivity index (χ0) is 20.9. The highest BCUT2D eigenvalue weighted by atomic mass is 19.4. The van der Waals surface area contributed by atoms with Crippen molar-refractivity contribution in [3.05, 3.63) is 41.0 Å². The second kappa shape index (κ2) is 6.72. The summed E-state index contributed by atoms with van der Waals surface area (Å²) in [5.41, 5.74) is 6.41. The first kappa shape index (κ1) is 20.0. The molecule has 1 heterocycles. The third-order valence-electron chi connectivity index (χ3n) is 4.66. The summed E-state index contributed by atoms with van der Waals surface area (Å²) < 4.78 is 64.5. The molecule has 2 aromatic rings. The molecule has 28 heavy (non-hydrogen) atoms. The molecule has 1 aromatic heterocycles. The normalized spacial score (nSPS) is 17.5. The fourth-order valence-electron chi connectivity index (χ4n) is 3.25. The second-order valence-corrected chi connectivity index (χ2v) is 6.95. The molecule has 9 heteroatoms. The van der Waals surface area contributed by atoms with E-state index in [9.17, 15) is 27.1 Å². The molecule has 0 aliphatic heterocycles. The Kier molecular flexibility index (Phi) is 4.81. The minimum absolute atomic E-state index is 0.0449. The van der Waals surface area contributed by atoms with E-state index in [1.807, 2.05) is 0 Å². The summed E-state index contributed by atoms with van der Waals surface area (Å²) in [5, 5.41) is 10.1. The van der Waals surface area contributed by atoms with E-state index in [1.165, 1.54) is 13.0 Å². The van der Waals surface area contributed by atoms with Gasteiger partial charge in [-0.2, -0.15) is 13.2 Å². The number of aliphatic imine (C=N–C) groups is 1. The van der Waals surface area contributed by atoms with Crippen LogP contribution in [0, 0.1) is 6.92 Å². The minimum Gasteiger partial charge on any atom is -0.507 e. The third kappa shape index (κ3) is 3.93. The Balaban J connectivity index is 1.92. The van der Waals surface area contributed by atoms with E-state index in [1.54, 1.807) is 13.0 Å². The summed E-state index contributed by atoms with van der Waals surface area (Å²) >= 11 is 0. The number of alkyl halides is 5. The van der Waals surface area contributed by atoms with Crippen LogP contribution in [0.4, 0.5) is 27.8 Å². The number of anilines is 1. The number of phenolic OH excluding ortho intramolecular Hbond substituents is 1. The summed E-state index contributed by atoms with van der Waals surface area (Å²) in [4.78, 5) is 8.39. The molecule has 3 N–H and O–H groups in total. The number of nitrogens with two attached hydrogens (primary N) is 1. The standard InChI is InChI=1S/C19H18F5N3O/c1-9-5-11(19(22,23)24)6-15(28)16(9)14-4-3-13(17(25)27-14)10(2)26-12-7-18(20,21)8-12/h3-6,12,28H,7-8H2,1-2H3,(H2,25,27). The third-order valence-corrected chi connectivity index (χ3v) is 4.66. The van der Waals surface area contributed by atoms with E-state index in [2.05, 4.69) is 9.98 Å². The minimum atomic E-state index is -4.58. The Labute approximate surface area is 157 Å². The number of aromatic nitrogens is 1. The van der Waals surface area contributed by atoms with Crippen molar-refractivity contribution in [2.24, 2.45) is 4.99 Å². The van der Waals surface area contributed by atoms with Gasteiger partial charge < -0.3 is 10.8 Å². The van der Waals surface area contributed by atoms with Gasteiger partial charge in [-0.15, -0.1) is 0 Å². The van der Waals surface area contributed by atoms with Crippen molar-refractivity contribution in [3.63, 3.8) is 0 Å². The van der Waals surface area contributed by atoms with Crippen molar-refractivity contribution < 1.29 is 27.1 Å². The molecule has 1 aromatic carbocycles. The fraction of sp³-hybridized carbons (Fsp3) is 0.368. The largest absolute Gasteiger partial charge is 0.507 e. The zero-order valence-corrected chi connectivity index (χ0v) is 15.1. The highest BCUT2D eigenvalue weighted by Crippen LogP contribution is 2.40. The number of nitrogens with zero attached hydrogens (tertiary/aromatic N) is 2. The summed E-state index contributed by atoms with van der Waals surface area (Å²) in [6.45, 7) is 3.06. The van der Waals surface area contributed by atoms with Gasteiger partial charge in [-0.25, -0.2) is 13.8 Å². The van der Waals surface area contributed by atoms with Crippen molar-refractivity contribution in [2.45, 2.75) is 44.8 Å². The lowest BCUT2D eigenvalue weighted by molar-refractivity contribution is -0.137. The van der Waals surface area contributed by atoms with Gasteiger partial charge in [0.25, 0.3) is 5.92 Å². The summed E-state index contributed by atoms with van der Waals surface area (Å²) in [7, 11) is 0. The van der Waals surface area contributed by atoms with Gasteiger partial charge in [-0.05, 0) is 43.7 Å². The summed E-state index contributed by atoms with van der Waals surface area (Å²) in [5.74, 6) is -3.20. The Morgan fingerprint density at radius 3 is 2.39 bits per heavy atom. The van der Waals surface area contributed by atoms with E-state index < -0.39 is 29.5 Å². The van der Waals surface area contributed by atoms with Gasteiger partial charge in [-0.1, -0.05) is 0 Å². The van der Waals surface area contributed by atoms with Crippen LogP contribution in [0.25, 0.3) is 11.3 Å². The zero-order valence-electron chi connectivity index (χ0n) is 15.1. The van der Waals surface area contributed by atoms with Gasteiger partial charge in [0, 0.05) is 29.7 Å². The van der Waals surface area contributed by atoms with Gasteiger partial charge in [0.2, 0.25) is 0 Å². The molecule has 150 valence electrons. The number of aryl methyl sites for hydroxylation is 1. The quantitative estimate of drug-likeness (QED) is 0.565. The molecule has 0 atom stereocenters. The van der Waals surface area contributed by atoms with E-state index in [-0.39, 0.29) is 35.5 Å². The maximum absolute atomic E-state index is 12.9. The average Bonchev–Trinajstić information content (AvgIpc) is 2.51. The molecule has 3 rings (SSSR count). The van der Waals surface area contributed by atoms with Crippen LogP contribution in [0.2, 0.25) is 0 Å². The van der Waals surface area contributed by atoms with Crippen LogP contribution in [0.1, 0.15) is 36.5 Å². The van der Waals surface area contributed by atoms with Crippen molar-refractivity contribution in [1.82, 2.24) is 4.98 Å². The highest BCUT2D eigenvalue weighted by Gasteiger charge is 2.45. The Bertz CT molecular complexity index is 922. The molecule has 0 amide bonds. The molecule has 1 aliphatic rings. The maximum atomic E-state index is 12.9. The number of hydrogen-bond acceptors (Lipinski definition) is 4. The van der Waals surface area contributed by atoms with E-state index in [0.717, 1.165) is 6.07 Å². The molecule has 1 fully saturated rings. The second-order valence-electron chi connectivity index (χ2n) is 6.95. The first-order valence-electron chi connectivity index (χ1n) is 8.48. The molecule has 0 unspecified atom stereocenters. The van der Waals surface area contributed by atoms with Crippen molar-refractivity contribution in [1.29, 1.82) is 0 Å². The SMILES string of the molecule is CC(=NC1CC(F)(F)C1)c1ccc(-c2c(C)cc(C(F)(F)F)cc2O)nc1N. The van der Waals surface area contributed by atoms with Crippen molar-refractivity contribution >= 4 is 11.5 Å². The Morgan fingerprint density at radius 2 is 1.89 bits per heavy atom. The molecule has 0 saturated heterocycles. The van der Waals surface area contributed by atoms with E-state index in [4.69, 9.17) is 5.73 Å². The topological polar surface area (TPSA) is 71.5 Å². The smallest absolute Gasteiger partial charge is 0.416 e. The number of benzene rings is 1. The molecule has 4 nitrogen and oxygen atoms in total. The highest BCUT2D eigenvalue weighted by molar-refractivity contribution is 6.02. The van der Waals surface area contributed by atoms with Crippen LogP contribution in [0.5, 0.6) is 5.75 Å². The maximum Gasteiger partial charge on any atom is 0.416 e. The number of rotatable bonds is 3. The fourth-order valence-corrected chi connectivity index (χ4v) is 3.25. The number of halogens is 5. The van der Waals surface area contributed by atoms with Crippen molar-refractivity contribution in [2.75, 3.05) is 5.73 Å². The lowest BCUT2D eigenvalue weighted by Crippen LogP contribution is -2.38. The van der Waals surface area contributed by atoms with Crippen molar-refractivity contribution in [3.8, 4) is 17.0 Å². The van der Waals surface area contributed by atoms with Gasteiger partial charge in [0.15, 0.2) is 0 Å². The van der Waals surface area contributed by atoms with Gasteiger partial charge >= 0.3 is 6.18 Å². The van der Waals surface area contributed by atoms with Crippen LogP contribution < -0.4 is 5.73 Å². The first-order valence-corrected chi connectivity index (χ1v) is 8.48. The molecule has 0 spiro atoms. The predicted molar refractivity (Wildman–Crippen MR) is 95.7 cm³/mol. The molecular formula is C19H18F5N3O. The monoisotopic (exact) mass is 399 g/mol. The van der Waals surface area contributed by atoms with E-state index in [0.29, 0.717) is 17.3 Å². The molecule has 1 aliphatic carbocycles. The van der Waals surface area contributed by atoms with Gasteiger partial charge in [0.05, 0.1) is 17.3 Å². The molecule has 0 radical (unpaired) electrons. The number of pyridine rings is 1. The predicted octanol–water partition coefficient (Wildman–Crippen LogP) is 4.97.